The average Bonchev–Trinajstić information content (AvgIpc) is 2.75. The Morgan fingerprint density at radius 2 is 2.20 bits per heavy atom. The molecule has 1 aliphatic rings. The van der Waals surface area contributed by atoms with Gasteiger partial charge in [0.2, 0.25) is 0 Å². The molecule has 0 radical (unpaired) electrons. The van der Waals surface area contributed by atoms with Crippen LogP contribution in [-0.2, 0) is 0 Å². The van der Waals surface area contributed by atoms with Crippen molar-refractivity contribution in [1.82, 2.24) is 10.2 Å². The van der Waals surface area contributed by atoms with E-state index >= 15 is 0 Å². The van der Waals surface area contributed by atoms with E-state index in [0.29, 0.717) is 6.04 Å². The highest BCUT2D eigenvalue weighted by molar-refractivity contribution is 9.10. The fourth-order valence-electron chi connectivity index (χ4n) is 2.91. The highest BCUT2D eigenvalue weighted by atomic mass is 79.9. The number of aliphatic hydroxyl groups is 1. The highest BCUT2D eigenvalue weighted by Gasteiger charge is 2.31. The van der Waals surface area contributed by atoms with Crippen LogP contribution in [0.15, 0.2) is 28.7 Å². The van der Waals surface area contributed by atoms with Gasteiger partial charge in [-0.25, -0.2) is 0 Å². The predicted octanol–water partition coefficient (Wildman–Crippen LogP) is 2.95. The molecule has 2 unspecified atom stereocenters. The van der Waals surface area contributed by atoms with E-state index in [1.807, 2.05) is 13.0 Å². The van der Waals surface area contributed by atoms with Crippen LogP contribution in [0.4, 0.5) is 0 Å². The Morgan fingerprint density at radius 1 is 1.45 bits per heavy atom. The van der Waals surface area contributed by atoms with Crippen LogP contribution in [-0.4, -0.2) is 41.8 Å². The lowest BCUT2D eigenvalue weighted by Crippen LogP contribution is -2.32. The van der Waals surface area contributed by atoms with Gasteiger partial charge in [0.05, 0.1) is 5.60 Å². The molecule has 1 heterocycles. The Kier molecular flexibility index (Phi) is 5.61. The lowest BCUT2D eigenvalue weighted by atomic mass is 10.0. The van der Waals surface area contributed by atoms with Gasteiger partial charge in [0, 0.05) is 30.1 Å². The van der Waals surface area contributed by atoms with Gasteiger partial charge in [-0.15, -0.1) is 0 Å². The molecule has 1 fully saturated rings. The Balaban J connectivity index is 1.95. The third-order valence-corrected chi connectivity index (χ3v) is 4.72. The second kappa shape index (κ2) is 7.03. The maximum Gasteiger partial charge on any atom is 0.0758 e. The summed E-state index contributed by atoms with van der Waals surface area (Å²) in [5, 5.41) is 13.6. The smallest absolute Gasteiger partial charge is 0.0758 e. The van der Waals surface area contributed by atoms with E-state index in [1.165, 1.54) is 10.0 Å². The van der Waals surface area contributed by atoms with Crippen molar-refractivity contribution in [2.24, 2.45) is 0 Å². The number of likely N-dealkylation sites (tertiary alicyclic amines) is 1. The first-order valence-electron chi connectivity index (χ1n) is 7.44. The van der Waals surface area contributed by atoms with Crippen molar-refractivity contribution in [3.63, 3.8) is 0 Å². The van der Waals surface area contributed by atoms with Crippen molar-refractivity contribution in [3.05, 3.63) is 34.3 Å². The zero-order chi connectivity index (χ0) is 14.6. The van der Waals surface area contributed by atoms with Crippen LogP contribution in [0.3, 0.4) is 0 Å². The number of hydrogen-bond acceptors (Lipinski definition) is 3. The van der Waals surface area contributed by atoms with Crippen molar-refractivity contribution in [3.8, 4) is 0 Å². The van der Waals surface area contributed by atoms with Gasteiger partial charge >= 0.3 is 0 Å². The quantitative estimate of drug-likeness (QED) is 0.835. The molecule has 4 heteroatoms. The second-order valence-corrected chi connectivity index (χ2v) is 6.80. The Labute approximate surface area is 130 Å². The lowest BCUT2D eigenvalue weighted by molar-refractivity contribution is 0.0683. The minimum absolute atomic E-state index is 0.362. The first kappa shape index (κ1) is 16.0. The molecule has 0 bridgehead atoms. The van der Waals surface area contributed by atoms with Gasteiger partial charge < -0.3 is 15.3 Å². The number of nitrogens with one attached hydrogen (secondary N) is 1. The summed E-state index contributed by atoms with van der Waals surface area (Å²) in [6.45, 7) is 7.86. The van der Waals surface area contributed by atoms with E-state index in [1.54, 1.807) is 0 Å². The largest absolute Gasteiger partial charge is 0.389 e. The summed E-state index contributed by atoms with van der Waals surface area (Å²) in [4.78, 5) is 2.36. The molecule has 0 aromatic heterocycles. The number of rotatable bonds is 6. The molecular formula is C16H25BrN2O. The van der Waals surface area contributed by atoms with E-state index in [-0.39, 0.29) is 0 Å². The Hall–Kier alpha value is -0.420. The second-order valence-electron chi connectivity index (χ2n) is 5.94. The Bertz CT molecular complexity index is 436. The molecule has 2 N–H and O–H groups in total. The molecule has 1 aromatic carbocycles. The van der Waals surface area contributed by atoms with Gasteiger partial charge in [0.1, 0.15) is 0 Å². The summed E-state index contributed by atoms with van der Waals surface area (Å²) in [7, 11) is 0. The lowest BCUT2D eigenvalue weighted by Gasteiger charge is -2.24. The van der Waals surface area contributed by atoms with E-state index in [4.69, 9.17) is 0 Å². The minimum atomic E-state index is -0.499. The molecular weight excluding hydrogens is 316 g/mol. The third kappa shape index (κ3) is 4.29. The van der Waals surface area contributed by atoms with Crippen LogP contribution in [0, 0.1) is 0 Å². The molecule has 3 nitrogen and oxygen atoms in total. The molecule has 0 amide bonds. The van der Waals surface area contributed by atoms with Gasteiger partial charge in [-0.2, -0.15) is 0 Å². The summed E-state index contributed by atoms with van der Waals surface area (Å²) < 4.78 is 1.17. The zero-order valence-corrected chi connectivity index (χ0v) is 14.0. The molecule has 0 saturated carbocycles. The summed E-state index contributed by atoms with van der Waals surface area (Å²) in [6.07, 6.45) is 1.94. The Morgan fingerprint density at radius 3 is 2.80 bits per heavy atom. The normalized spacial score (nSPS) is 25.0. The number of nitrogens with zero attached hydrogens (tertiary/aromatic N) is 1. The van der Waals surface area contributed by atoms with E-state index in [2.05, 4.69) is 51.3 Å². The number of β-amino-alcohol motifs (C(OH)–C–C–N with tert-alkyl or cyclic N) is 1. The molecule has 1 saturated heterocycles. The van der Waals surface area contributed by atoms with E-state index < -0.39 is 5.60 Å². The monoisotopic (exact) mass is 340 g/mol. The van der Waals surface area contributed by atoms with Crippen LogP contribution in [0.25, 0.3) is 0 Å². The molecule has 20 heavy (non-hydrogen) atoms. The fraction of sp³-hybridized carbons (Fsp3) is 0.625. The van der Waals surface area contributed by atoms with Crippen LogP contribution < -0.4 is 5.32 Å². The minimum Gasteiger partial charge on any atom is -0.389 e. The van der Waals surface area contributed by atoms with Gasteiger partial charge in [0.25, 0.3) is 0 Å². The molecule has 1 aromatic rings. The predicted molar refractivity (Wildman–Crippen MR) is 86.9 cm³/mol. The maximum atomic E-state index is 10.0. The summed E-state index contributed by atoms with van der Waals surface area (Å²) in [5.74, 6) is 0. The van der Waals surface area contributed by atoms with Gasteiger partial charge in [-0.05, 0) is 37.9 Å². The van der Waals surface area contributed by atoms with Crippen LogP contribution in [0.2, 0.25) is 0 Å². The third-order valence-electron chi connectivity index (χ3n) is 4.00. The first-order chi connectivity index (χ1) is 9.52. The molecule has 2 atom stereocenters. The fourth-order valence-corrected chi connectivity index (χ4v) is 3.47. The van der Waals surface area contributed by atoms with Crippen LogP contribution in [0.1, 0.15) is 38.3 Å². The van der Waals surface area contributed by atoms with Crippen molar-refractivity contribution >= 4 is 15.9 Å². The summed E-state index contributed by atoms with van der Waals surface area (Å²) in [6, 6.07) is 8.78. The van der Waals surface area contributed by atoms with Crippen molar-refractivity contribution in [2.75, 3.05) is 26.2 Å². The number of halogens is 1. The summed E-state index contributed by atoms with van der Waals surface area (Å²) >= 11 is 3.64. The van der Waals surface area contributed by atoms with Crippen LogP contribution >= 0.6 is 15.9 Å². The standard InChI is InChI=1S/C16H25BrN2O/c1-3-18-15(13-6-4-5-7-14(13)17)8-10-19-11-9-16(2,20)12-19/h4-7,15,18,20H,3,8-12H2,1-2H3. The maximum absolute atomic E-state index is 10.0. The first-order valence-corrected chi connectivity index (χ1v) is 8.23. The molecule has 112 valence electrons. The SMILES string of the molecule is CCNC(CCN1CCC(C)(O)C1)c1ccccc1Br. The number of hydrogen-bond donors (Lipinski definition) is 2. The number of benzene rings is 1. The van der Waals surface area contributed by atoms with Gasteiger partial charge in [-0.3, -0.25) is 0 Å². The molecule has 2 rings (SSSR count). The zero-order valence-electron chi connectivity index (χ0n) is 12.4. The van der Waals surface area contributed by atoms with Gasteiger partial charge in [-0.1, -0.05) is 41.1 Å². The van der Waals surface area contributed by atoms with Crippen molar-refractivity contribution < 1.29 is 5.11 Å². The van der Waals surface area contributed by atoms with E-state index in [0.717, 1.165) is 39.0 Å². The topological polar surface area (TPSA) is 35.5 Å². The van der Waals surface area contributed by atoms with Crippen LogP contribution in [0.5, 0.6) is 0 Å². The summed E-state index contributed by atoms with van der Waals surface area (Å²) in [5.41, 5.74) is 0.821. The average molecular weight is 341 g/mol. The van der Waals surface area contributed by atoms with Gasteiger partial charge in [0.15, 0.2) is 0 Å². The van der Waals surface area contributed by atoms with Crippen molar-refractivity contribution in [2.45, 2.75) is 38.3 Å². The highest BCUT2D eigenvalue weighted by Crippen LogP contribution is 2.27. The van der Waals surface area contributed by atoms with Crippen molar-refractivity contribution in [1.29, 1.82) is 0 Å². The molecule has 1 aliphatic heterocycles. The molecule has 0 spiro atoms. The van der Waals surface area contributed by atoms with E-state index in [9.17, 15) is 5.11 Å². The molecule has 0 aliphatic carbocycles.